The molecule has 1 saturated heterocycles. The van der Waals surface area contributed by atoms with Crippen molar-refractivity contribution in [3.8, 4) is 0 Å². The van der Waals surface area contributed by atoms with Gasteiger partial charge in [-0.05, 0) is 36.4 Å². The number of aromatic nitrogens is 3. The molecule has 3 aromatic heterocycles. The first kappa shape index (κ1) is 16.2. The summed E-state index contributed by atoms with van der Waals surface area (Å²) < 4.78 is 2.15. The highest BCUT2D eigenvalue weighted by Crippen LogP contribution is 2.34. The fourth-order valence-corrected chi connectivity index (χ4v) is 4.29. The van der Waals surface area contributed by atoms with Crippen LogP contribution in [0.3, 0.4) is 0 Å². The Morgan fingerprint density at radius 3 is 2.26 bits per heavy atom. The van der Waals surface area contributed by atoms with Gasteiger partial charge in [0.2, 0.25) is 0 Å². The van der Waals surface area contributed by atoms with E-state index in [1.807, 2.05) is 59.8 Å². The van der Waals surface area contributed by atoms with E-state index in [-0.39, 0.29) is 18.0 Å². The largest absolute Gasteiger partial charge is 0.337 e. The average Bonchev–Trinajstić information content (AvgIpc) is 3.34. The molecule has 0 aliphatic carbocycles. The van der Waals surface area contributed by atoms with Crippen LogP contribution in [-0.4, -0.2) is 49.4 Å². The first-order chi connectivity index (χ1) is 13.3. The predicted molar refractivity (Wildman–Crippen MR) is 101 cm³/mol. The Bertz CT molecular complexity index is 939. The number of carbonyl (C=O) groups is 1. The maximum atomic E-state index is 13.1. The van der Waals surface area contributed by atoms with Crippen molar-refractivity contribution in [1.82, 2.24) is 24.3 Å². The molecule has 6 heteroatoms. The lowest BCUT2D eigenvalue weighted by Gasteiger charge is -2.38. The molecule has 0 unspecified atom stereocenters. The molecule has 0 radical (unpaired) electrons. The summed E-state index contributed by atoms with van der Waals surface area (Å²) in [5, 5.41) is 0. The SMILES string of the molecule is O=C1c2cccn2[C@@H]2CN(Cc3ccccn3)C[C@@H]2N1Cc1ccccn1. The molecule has 2 atom stereocenters. The van der Waals surface area contributed by atoms with Gasteiger partial charge in [0, 0.05) is 38.2 Å². The third-order valence-electron chi connectivity index (χ3n) is 5.52. The summed E-state index contributed by atoms with van der Waals surface area (Å²) >= 11 is 0. The predicted octanol–water partition coefficient (Wildman–Crippen LogP) is 2.36. The zero-order valence-corrected chi connectivity index (χ0v) is 15.0. The van der Waals surface area contributed by atoms with Gasteiger partial charge < -0.3 is 9.47 Å². The second kappa shape index (κ2) is 6.63. The standard InChI is InChI=1S/C21H21N5O/c27-21-18-8-5-11-25(18)19-14-24(12-16-6-1-3-9-22-16)15-20(19)26(21)13-17-7-2-4-10-23-17/h1-11,19-20H,12-15H2/t19-,20+/m1/s1. The van der Waals surface area contributed by atoms with Crippen LogP contribution in [0.5, 0.6) is 0 Å². The van der Waals surface area contributed by atoms with Gasteiger partial charge >= 0.3 is 0 Å². The van der Waals surface area contributed by atoms with Crippen molar-refractivity contribution in [3.05, 3.63) is 84.2 Å². The van der Waals surface area contributed by atoms with Crippen molar-refractivity contribution in [1.29, 1.82) is 0 Å². The number of likely N-dealkylation sites (tertiary alicyclic amines) is 1. The molecule has 136 valence electrons. The molecule has 5 heterocycles. The number of fused-ring (bicyclic) bond motifs is 3. The van der Waals surface area contributed by atoms with Crippen molar-refractivity contribution in [2.75, 3.05) is 13.1 Å². The van der Waals surface area contributed by atoms with Crippen molar-refractivity contribution < 1.29 is 4.79 Å². The number of pyridine rings is 2. The molecule has 0 N–H and O–H groups in total. The minimum Gasteiger partial charge on any atom is -0.337 e. The summed E-state index contributed by atoms with van der Waals surface area (Å²) in [7, 11) is 0. The van der Waals surface area contributed by atoms with E-state index in [2.05, 4.69) is 25.5 Å². The lowest BCUT2D eigenvalue weighted by molar-refractivity contribution is 0.0553. The van der Waals surface area contributed by atoms with Crippen LogP contribution in [0.25, 0.3) is 0 Å². The van der Waals surface area contributed by atoms with Crippen LogP contribution in [0.4, 0.5) is 0 Å². The summed E-state index contributed by atoms with van der Waals surface area (Å²) in [5.41, 5.74) is 2.76. The van der Waals surface area contributed by atoms with Crippen molar-refractivity contribution in [3.63, 3.8) is 0 Å². The second-order valence-corrected chi connectivity index (χ2v) is 7.20. The molecule has 1 fully saturated rings. The van der Waals surface area contributed by atoms with Gasteiger partial charge in [-0.25, -0.2) is 0 Å². The number of nitrogens with zero attached hydrogens (tertiary/aromatic N) is 5. The number of rotatable bonds is 4. The normalized spacial score (nSPS) is 21.9. The van der Waals surface area contributed by atoms with E-state index in [9.17, 15) is 4.79 Å². The van der Waals surface area contributed by atoms with Crippen LogP contribution in [0.15, 0.2) is 67.1 Å². The Hall–Kier alpha value is -2.99. The van der Waals surface area contributed by atoms with E-state index < -0.39 is 0 Å². The van der Waals surface area contributed by atoms with Crippen LogP contribution in [0, 0.1) is 0 Å². The molecule has 27 heavy (non-hydrogen) atoms. The fourth-order valence-electron chi connectivity index (χ4n) is 4.29. The van der Waals surface area contributed by atoms with E-state index in [0.717, 1.165) is 36.7 Å². The minimum atomic E-state index is 0.0894. The van der Waals surface area contributed by atoms with Crippen molar-refractivity contribution in [2.45, 2.75) is 25.2 Å². The second-order valence-electron chi connectivity index (χ2n) is 7.20. The molecule has 2 aliphatic rings. The Morgan fingerprint density at radius 2 is 1.56 bits per heavy atom. The topological polar surface area (TPSA) is 54.3 Å². The molecule has 2 aliphatic heterocycles. The average molecular weight is 359 g/mol. The van der Waals surface area contributed by atoms with Gasteiger partial charge in [-0.1, -0.05) is 12.1 Å². The molecule has 6 nitrogen and oxygen atoms in total. The van der Waals surface area contributed by atoms with Crippen LogP contribution >= 0.6 is 0 Å². The Kier molecular flexibility index (Phi) is 3.98. The van der Waals surface area contributed by atoms with Gasteiger partial charge in [0.25, 0.3) is 5.91 Å². The molecule has 0 aromatic carbocycles. The molecular weight excluding hydrogens is 338 g/mol. The number of carbonyl (C=O) groups excluding carboxylic acids is 1. The number of hydrogen-bond donors (Lipinski definition) is 0. The third-order valence-corrected chi connectivity index (χ3v) is 5.52. The van der Waals surface area contributed by atoms with Crippen molar-refractivity contribution >= 4 is 5.91 Å². The highest BCUT2D eigenvalue weighted by molar-refractivity contribution is 5.94. The molecule has 3 aromatic rings. The van der Waals surface area contributed by atoms with E-state index in [0.29, 0.717) is 6.54 Å². The van der Waals surface area contributed by atoms with E-state index in [1.54, 1.807) is 6.20 Å². The quantitative estimate of drug-likeness (QED) is 0.718. The highest BCUT2D eigenvalue weighted by Gasteiger charge is 2.44. The van der Waals surface area contributed by atoms with Gasteiger partial charge in [0.05, 0.1) is 30.0 Å². The zero-order chi connectivity index (χ0) is 18.2. The first-order valence-electron chi connectivity index (χ1n) is 9.29. The molecule has 0 spiro atoms. The van der Waals surface area contributed by atoms with Gasteiger partial charge in [-0.15, -0.1) is 0 Å². The summed E-state index contributed by atoms with van der Waals surface area (Å²) in [6, 6.07) is 16.2. The van der Waals surface area contributed by atoms with Crippen LogP contribution < -0.4 is 0 Å². The molecule has 5 rings (SSSR count). The number of amides is 1. The van der Waals surface area contributed by atoms with Crippen molar-refractivity contribution in [2.24, 2.45) is 0 Å². The third kappa shape index (κ3) is 2.92. The van der Waals surface area contributed by atoms with Crippen LogP contribution in [0.2, 0.25) is 0 Å². The number of hydrogen-bond acceptors (Lipinski definition) is 4. The Morgan fingerprint density at radius 1 is 0.852 bits per heavy atom. The smallest absolute Gasteiger partial charge is 0.271 e. The van der Waals surface area contributed by atoms with Gasteiger partial charge in [-0.2, -0.15) is 0 Å². The monoisotopic (exact) mass is 359 g/mol. The summed E-state index contributed by atoms with van der Waals surface area (Å²) in [4.78, 5) is 26.4. The molecular formula is C21H21N5O. The lowest BCUT2D eigenvalue weighted by atomic mass is 10.1. The highest BCUT2D eigenvalue weighted by atomic mass is 16.2. The van der Waals surface area contributed by atoms with Crippen LogP contribution in [-0.2, 0) is 13.1 Å². The summed E-state index contributed by atoms with van der Waals surface area (Å²) in [6.45, 7) is 3.10. The zero-order valence-electron chi connectivity index (χ0n) is 15.0. The maximum Gasteiger partial charge on any atom is 0.271 e. The summed E-state index contributed by atoms with van der Waals surface area (Å²) in [5.74, 6) is 0.0894. The Labute approximate surface area is 158 Å². The maximum absolute atomic E-state index is 13.1. The van der Waals surface area contributed by atoms with Crippen LogP contribution in [0.1, 0.15) is 27.9 Å². The molecule has 1 amide bonds. The Balaban J connectivity index is 1.44. The van der Waals surface area contributed by atoms with Gasteiger partial charge in [-0.3, -0.25) is 19.7 Å². The van der Waals surface area contributed by atoms with Gasteiger partial charge in [0.15, 0.2) is 0 Å². The first-order valence-corrected chi connectivity index (χ1v) is 9.29. The van der Waals surface area contributed by atoms with E-state index in [4.69, 9.17) is 0 Å². The van der Waals surface area contributed by atoms with Gasteiger partial charge in [0.1, 0.15) is 5.69 Å². The van der Waals surface area contributed by atoms with E-state index >= 15 is 0 Å². The fraction of sp³-hybridized carbons (Fsp3) is 0.286. The molecule has 0 saturated carbocycles. The lowest BCUT2D eigenvalue weighted by Crippen LogP contribution is -2.49. The molecule has 0 bridgehead atoms. The summed E-state index contributed by atoms with van der Waals surface area (Å²) in [6.07, 6.45) is 5.65. The minimum absolute atomic E-state index is 0.0894. The van der Waals surface area contributed by atoms with E-state index in [1.165, 1.54) is 0 Å².